The molecule has 1 amide bonds. The van der Waals surface area contributed by atoms with Gasteiger partial charge in [-0.1, -0.05) is 23.7 Å². The molecule has 2 aromatic carbocycles. The molecule has 1 fully saturated rings. The van der Waals surface area contributed by atoms with Gasteiger partial charge >= 0.3 is 5.97 Å². The maximum Gasteiger partial charge on any atom is 0.343 e. The average Bonchev–Trinajstić information content (AvgIpc) is 2.64. The first kappa shape index (κ1) is 17.3. The van der Waals surface area contributed by atoms with Gasteiger partial charge in [-0.05, 0) is 49.2 Å². The number of benzene rings is 2. The van der Waals surface area contributed by atoms with Crippen LogP contribution in [0.3, 0.4) is 0 Å². The molecule has 1 heterocycles. The molecule has 1 aliphatic rings. The third kappa shape index (κ3) is 4.12. The highest BCUT2D eigenvalue weighted by molar-refractivity contribution is 6.32. The predicted octanol–water partition coefficient (Wildman–Crippen LogP) is 3.26. The second kappa shape index (κ2) is 7.57. The number of rotatable bonds is 4. The van der Waals surface area contributed by atoms with Crippen LogP contribution in [0.1, 0.15) is 23.2 Å². The number of para-hydroxylation sites is 1. The van der Waals surface area contributed by atoms with E-state index in [2.05, 4.69) is 4.90 Å². The molecule has 0 aromatic heterocycles. The van der Waals surface area contributed by atoms with Gasteiger partial charge in [-0.25, -0.2) is 4.79 Å². The summed E-state index contributed by atoms with van der Waals surface area (Å²) in [6, 6.07) is 14.0. The lowest BCUT2D eigenvalue weighted by Gasteiger charge is -2.33. The van der Waals surface area contributed by atoms with Gasteiger partial charge in [0.05, 0.1) is 16.5 Å². The van der Waals surface area contributed by atoms with Gasteiger partial charge in [0.1, 0.15) is 5.75 Å². The summed E-state index contributed by atoms with van der Waals surface area (Å²) in [6.45, 7) is 1.48. The summed E-state index contributed by atoms with van der Waals surface area (Å²) >= 11 is 6.00. The molecular weight excluding hydrogens is 340 g/mol. The lowest BCUT2D eigenvalue weighted by atomic mass is 9.97. The fourth-order valence-electron chi connectivity index (χ4n) is 2.94. The topological polar surface area (TPSA) is 72.6 Å². The van der Waals surface area contributed by atoms with E-state index in [1.165, 1.54) is 0 Å². The number of hydrogen-bond donors (Lipinski definition) is 1. The van der Waals surface area contributed by atoms with Gasteiger partial charge in [0.25, 0.3) is 0 Å². The molecule has 0 saturated carbocycles. The van der Waals surface area contributed by atoms with E-state index in [0.717, 1.165) is 25.1 Å². The van der Waals surface area contributed by atoms with Crippen molar-refractivity contribution in [3.63, 3.8) is 0 Å². The summed E-state index contributed by atoms with van der Waals surface area (Å²) in [5.41, 5.74) is 6.81. The second-order valence-corrected chi connectivity index (χ2v) is 6.46. The van der Waals surface area contributed by atoms with E-state index < -0.39 is 5.97 Å². The molecule has 130 valence electrons. The van der Waals surface area contributed by atoms with Crippen molar-refractivity contribution < 1.29 is 14.3 Å². The first-order chi connectivity index (χ1) is 12.0. The third-order valence-electron chi connectivity index (χ3n) is 4.33. The SMILES string of the molecule is NC(=O)[C@H]1CCCN(c2ccc(C(=O)Oc3ccccc3Cl)cc2)C1. The average molecular weight is 359 g/mol. The van der Waals surface area contributed by atoms with Crippen molar-refractivity contribution in [2.24, 2.45) is 11.7 Å². The Morgan fingerprint density at radius 1 is 1.12 bits per heavy atom. The fourth-order valence-corrected chi connectivity index (χ4v) is 3.11. The predicted molar refractivity (Wildman–Crippen MR) is 97.0 cm³/mol. The monoisotopic (exact) mass is 358 g/mol. The number of piperidine rings is 1. The number of esters is 1. The van der Waals surface area contributed by atoms with Gasteiger partial charge in [-0.15, -0.1) is 0 Å². The zero-order chi connectivity index (χ0) is 17.8. The van der Waals surface area contributed by atoms with Crippen molar-refractivity contribution in [3.8, 4) is 5.75 Å². The summed E-state index contributed by atoms with van der Waals surface area (Å²) in [7, 11) is 0. The molecule has 0 unspecified atom stereocenters. The van der Waals surface area contributed by atoms with Crippen LogP contribution in [-0.2, 0) is 4.79 Å². The highest BCUT2D eigenvalue weighted by atomic mass is 35.5. The number of nitrogens with zero attached hydrogens (tertiary/aromatic N) is 1. The highest BCUT2D eigenvalue weighted by Crippen LogP contribution is 2.26. The largest absolute Gasteiger partial charge is 0.421 e. The molecule has 1 aliphatic heterocycles. The number of anilines is 1. The summed E-state index contributed by atoms with van der Waals surface area (Å²) in [5.74, 6) is -0.518. The Kier molecular flexibility index (Phi) is 5.24. The first-order valence-corrected chi connectivity index (χ1v) is 8.53. The Bertz CT molecular complexity index is 776. The maximum absolute atomic E-state index is 12.2. The molecule has 0 bridgehead atoms. The minimum Gasteiger partial charge on any atom is -0.421 e. The van der Waals surface area contributed by atoms with Gasteiger partial charge < -0.3 is 15.4 Å². The summed E-state index contributed by atoms with van der Waals surface area (Å²) in [4.78, 5) is 25.8. The van der Waals surface area contributed by atoms with Crippen LogP contribution in [-0.4, -0.2) is 25.0 Å². The lowest BCUT2D eigenvalue weighted by molar-refractivity contribution is -0.122. The molecule has 25 heavy (non-hydrogen) atoms. The van der Waals surface area contributed by atoms with E-state index in [1.54, 1.807) is 36.4 Å². The molecule has 5 nitrogen and oxygen atoms in total. The Balaban J connectivity index is 1.68. The lowest BCUT2D eigenvalue weighted by Crippen LogP contribution is -2.41. The molecule has 1 atom stereocenters. The summed E-state index contributed by atoms with van der Waals surface area (Å²) in [5, 5.41) is 0.387. The highest BCUT2D eigenvalue weighted by Gasteiger charge is 2.24. The number of hydrogen-bond acceptors (Lipinski definition) is 4. The molecule has 6 heteroatoms. The van der Waals surface area contributed by atoms with Crippen LogP contribution >= 0.6 is 11.6 Å². The van der Waals surface area contributed by atoms with Crippen molar-refractivity contribution in [2.45, 2.75) is 12.8 Å². The van der Waals surface area contributed by atoms with Crippen LogP contribution in [0.25, 0.3) is 0 Å². The normalized spacial score (nSPS) is 17.2. The van der Waals surface area contributed by atoms with Crippen molar-refractivity contribution in [1.29, 1.82) is 0 Å². The zero-order valence-corrected chi connectivity index (χ0v) is 14.4. The Labute approximate surface area is 151 Å². The van der Waals surface area contributed by atoms with Crippen LogP contribution in [0.5, 0.6) is 5.75 Å². The van der Waals surface area contributed by atoms with Crippen molar-refractivity contribution in [1.82, 2.24) is 0 Å². The molecule has 0 spiro atoms. The molecule has 0 aliphatic carbocycles. The number of ether oxygens (including phenoxy) is 1. The van der Waals surface area contributed by atoms with E-state index in [1.807, 2.05) is 12.1 Å². The quantitative estimate of drug-likeness (QED) is 0.672. The van der Waals surface area contributed by atoms with Crippen LogP contribution in [0.4, 0.5) is 5.69 Å². The molecule has 3 rings (SSSR count). The molecule has 0 radical (unpaired) electrons. The number of halogens is 1. The van der Waals surface area contributed by atoms with Gasteiger partial charge in [-0.2, -0.15) is 0 Å². The third-order valence-corrected chi connectivity index (χ3v) is 4.64. The van der Waals surface area contributed by atoms with Crippen LogP contribution in [0.15, 0.2) is 48.5 Å². The van der Waals surface area contributed by atoms with E-state index in [-0.39, 0.29) is 11.8 Å². The standard InChI is InChI=1S/C19H19ClN2O3/c20-16-5-1-2-6-17(16)25-19(24)13-7-9-15(10-8-13)22-11-3-4-14(12-22)18(21)23/h1-2,5-10,14H,3-4,11-12H2,(H2,21,23)/t14-/m0/s1. The zero-order valence-electron chi connectivity index (χ0n) is 13.7. The van der Waals surface area contributed by atoms with E-state index >= 15 is 0 Å². The number of carbonyl (C=O) groups excluding carboxylic acids is 2. The van der Waals surface area contributed by atoms with Crippen LogP contribution in [0.2, 0.25) is 5.02 Å². The Morgan fingerprint density at radius 3 is 2.52 bits per heavy atom. The molecular formula is C19H19ClN2O3. The van der Waals surface area contributed by atoms with Crippen LogP contribution in [0, 0.1) is 5.92 Å². The van der Waals surface area contributed by atoms with E-state index in [9.17, 15) is 9.59 Å². The molecule has 2 N–H and O–H groups in total. The first-order valence-electron chi connectivity index (χ1n) is 8.15. The van der Waals surface area contributed by atoms with Gasteiger partial charge in [0, 0.05) is 18.8 Å². The van der Waals surface area contributed by atoms with Crippen molar-refractivity contribution in [2.75, 3.05) is 18.0 Å². The fraction of sp³-hybridized carbons (Fsp3) is 0.263. The van der Waals surface area contributed by atoms with E-state index in [0.29, 0.717) is 22.9 Å². The molecule has 2 aromatic rings. The number of primary amides is 1. The van der Waals surface area contributed by atoms with Gasteiger partial charge in [0.2, 0.25) is 5.91 Å². The van der Waals surface area contributed by atoms with Gasteiger partial charge in [-0.3, -0.25) is 4.79 Å². The number of nitrogens with two attached hydrogens (primary N) is 1. The second-order valence-electron chi connectivity index (χ2n) is 6.05. The minimum atomic E-state index is -0.465. The summed E-state index contributed by atoms with van der Waals surface area (Å²) < 4.78 is 5.32. The minimum absolute atomic E-state index is 0.126. The number of carbonyl (C=O) groups is 2. The van der Waals surface area contributed by atoms with Gasteiger partial charge in [0.15, 0.2) is 0 Å². The number of amides is 1. The van der Waals surface area contributed by atoms with Crippen LogP contribution < -0.4 is 15.4 Å². The molecule has 1 saturated heterocycles. The maximum atomic E-state index is 12.2. The van der Waals surface area contributed by atoms with Crippen molar-refractivity contribution >= 4 is 29.2 Å². The Hall–Kier alpha value is -2.53. The summed E-state index contributed by atoms with van der Waals surface area (Å²) in [6.07, 6.45) is 1.75. The van der Waals surface area contributed by atoms with Crippen molar-refractivity contribution in [3.05, 3.63) is 59.1 Å². The van der Waals surface area contributed by atoms with E-state index in [4.69, 9.17) is 22.1 Å². The smallest absolute Gasteiger partial charge is 0.343 e. The Morgan fingerprint density at radius 2 is 1.84 bits per heavy atom.